The Kier molecular flexibility index (Phi) is 5.10. The molecule has 1 atom stereocenters. The van der Waals surface area contributed by atoms with Crippen LogP contribution in [0.4, 0.5) is 6.01 Å². The second-order valence-corrected chi connectivity index (χ2v) is 7.73. The number of carbonyl (C=O) groups excluding carboxylic acids is 1. The third-order valence-corrected chi connectivity index (χ3v) is 5.32. The minimum absolute atomic E-state index is 0.0968. The van der Waals surface area contributed by atoms with Crippen LogP contribution in [0.3, 0.4) is 0 Å². The fourth-order valence-electron chi connectivity index (χ4n) is 3.21. The van der Waals surface area contributed by atoms with Gasteiger partial charge >= 0.3 is 6.01 Å². The number of aliphatic imine (C=N–C) groups is 1. The zero-order chi connectivity index (χ0) is 20.5. The van der Waals surface area contributed by atoms with Crippen LogP contribution in [0.5, 0.6) is 0 Å². The molecule has 0 saturated carbocycles. The maximum atomic E-state index is 12.9. The molecule has 0 spiro atoms. The van der Waals surface area contributed by atoms with Gasteiger partial charge in [-0.1, -0.05) is 46.3 Å². The van der Waals surface area contributed by atoms with Crippen molar-refractivity contribution >= 4 is 44.9 Å². The predicted molar refractivity (Wildman–Crippen MR) is 116 cm³/mol. The van der Waals surface area contributed by atoms with Crippen LogP contribution in [0.2, 0.25) is 0 Å². The van der Waals surface area contributed by atoms with E-state index in [4.69, 9.17) is 9.41 Å². The molecular weight excluding hydrogens is 434 g/mol. The molecule has 4 rings (SSSR count). The second kappa shape index (κ2) is 7.71. The number of allylic oxidation sites excluding steroid dienone is 1. The lowest BCUT2D eigenvalue weighted by Crippen LogP contribution is -2.38. The van der Waals surface area contributed by atoms with E-state index in [-0.39, 0.29) is 5.91 Å². The van der Waals surface area contributed by atoms with Gasteiger partial charge in [-0.15, -0.1) is 0 Å². The number of amides is 1. The van der Waals surface area contributed by atoms with Crippen molar-refractivity contribution in [2.45, 2.75) is 13.0 Å². The normalized spacial score (nSPS) is 16.4. The first-order valence-corrected chi connectivity index (χ1v) is 9.87. The molecular formula is C21H20BrN5O2. The highest BCUT2D eigenvalue weighted by molar-refractivity contribution is 9.10. The average molecular weight is 454 g/mol. The molecule has 0 bridgehead atoms. The number of carbonyl (C=O) groups is 1. The number of halogens is 1. The third kappa shape index (κ3) is 3.75. The van der Waals surface area contributed by atoms with Crippen LogP contribution >= 0.6 is 15.9 Å². The number of para-hydroxylation sites is 2. The van der Waals surface area contributed by atoms with E-state index >= 15 is 0 Å². The molecule has 1 unspecified atom stereocenters. The highest BCUT2D eigenvalue weighted by Crippen LogP contribution is 2.35. The van der Waals surface area contributed by atoms with Gasteiger partial charge in [0.25, 0.3) is 5.91 Å². The zero-order valence-corrected chi connectivity index (χ0v) is 17.8. The Bertz CT molecular complexity index is 1120. The van der Waals surface area contributed by atoms with E-state index in [1.54, 1.807) is 19.0 Å². The van der Waals surface area contributed by atoms with E-state index in [0.717, 1.165) is 21.2 Å². The maximum Gasteiger partial charge on any atom is 0.302 e. The van der Waals surface area contributed by atoms with Crippen molar-refractivity contribution in [2.24, 2.45) is 4.99 Å². The first kappa shape index (κ1) is 19.2. The number of fused-ring (bicyclic) bond motifs is 1. The van der Waals surface area contributed by atoms with Crippen LogP contribution in [-0.4, -0.2) is 35.8 Å². The van der Waals surface area contributed by atoms with Crippen LogP contribution in [0.25, 0.3) is 11.1 Å². The summed E-state index contributed by atoms with van der Waals surface area (Å²) in [6, 6.07) is 15.1. The second-order valence-electron chi connectivity index (χ2n) is 6.88. The molecule has 0 radical (unpaired) electrons. The monoisotopic (exact) mass is 453 g/mol. The molecule has 7 nitrogen and oxygen atoms in total. The van der Waals surface area contributed by atoms with E-state index in [0.29, 0.717) is 23.1 Å². The summed E-state index contributed by atoms with van der Waals surface area (Å²) in [5, 5.41) is 6.27. The molecule has 1 amide bonds. The van der Waals surface area contributed by atoms with Gasteiger partial charge < -0.3 is 14.6 Å². The molecule has 29 heavy (non-hydrogen) atoms. The minimum atomic E-state index is -0.478. The Hall–Kier alpha value is -3.13. The number of anilines is 1. The number of rotatable bonds is 3. The lowest BCUT2D eigenvalue weighted by Gasteiger charge is -2.28. The number of likely N-dealkylation sites (N-methyl/N-ethyl adjacent to an activating group) is 1. The number of hydrogen-bond donors (Lipinski definition) is 2. The number of guanidine groups is 1. The van der Waals surface area contributed by atoms with Crippen LogP contribution < -0.4 is 10.6 Å². The molecule has 148 valence electrons. The summed E-state index contributed by atoms with van der Waals surface area (Å²) in [4.78, 5) is 23.6. The van der Waals surface area contributed by atoms with Gasteiger partial charge in [-0.2, -0.15) is 4.98 Å². The predicted octanol–water partition coefficient (Wildman–Crippen LogP) is 4.06. The average Bonchev–Trinajstić information content (AvgIpc) is 3.09. The molecule has 2 heterocycles. The molecule has 0 saturated heterocycles. The Labute approximate surface area is 176 Å². The number of nitrogens with zero attached hydrogens (tertiary/aromatic N) is 3. The maximum absolute atomic E-state index is 12.9. The molecule has 1 aliphatic rings. The van der Waals surface area contributed by atoms with Gasteiger partial charge in [0.05, 0.1) is 5.57 Å². The summed E-state index contributed by atoms with van der Waals surface area (Å²) >= 11 is 3.59. The highest BCUT2D eigenvalue weighted by Gasteiger charge is 2.31. The number of benzene rings is 2. The summed E-state index contributed by atoms with van der Waals surface area (Å²) in [6.45, 7) is 1.86. The molecule has 2 N–H and O–H groups in total. The van der Waals surface area contributed by atoms with E-state index in [1.165, 1.54) is 0 Å². The molecule has 0 fully saturated rings. The smallest absolute Gasteiger partial charge is 0.302 e. The molecule has 0 aliphatic carbocycles. The molecule has 1 aromatic heterocycles. The van der Waals surface area contributed by atoms with Gasteiger partial charge in [0, 0.05) is 24.3 Å². The summed E-state index contributed by atoms with van der Waals surface area (Å²) in [7, 11) is 3.46. The lowest BCUT2D eigenvalue weighted by molar-refractivity contribution is -0.125. The summed E-state index contributed by atoms with van der Waals surface area (Å²) in [5.74, 6) is 0.366. The van der Waals surface area contributed by atoms with Crippen molar-refractivity contribution in [3.63, 3.8) is 0 Å². The Morgan fingerprint density at radius 3 is 2.62 bits per heavy atom. The summed E-state index contributed by atoms with van der Waals surface area (Å²) < 4.78 is 6.62. The standard InChI is InChI=1S/C21H20BrN5O2/c1-12-17(19(28)27(2)3)18(13-8-4-5-9-14(13)22)25-20(23-12)26-21-24-15-10-6-7-11-16(15)29-21/h4-11,18H,1-3H3,(H2,23,24,25,26). The number of aromatic nitrogens is 1. The van der Waals surface area contributed by atoms with Crippen LogP contribution in [0.1, 0.15) is 18.5 Å². The zero-order valence-electron chi connectivity index (χ0n) is 16.2. The first-order valence-electron chi connectivity index (χ1n) is 9.08. The summed E-state index contributed by atoms with van der Waals surface area (Å²) in [6.07, 6.45) is 0. The van der Waals surface area contributed by atoms with Crippen LogP contribution in [-0.2, 0) is 4.79 Å². The number of oxazole rings is 1. The Balaban J connectivity index is 1.73. The summed E-state index contributed by atoms with van der Waals surface area (Å²) in [5.41, 5.74) is 3.65. The van der Waals surface area contributed by atoms with Gasteiger partial charge in [0.15, 0.2) is 5.58 Å². The molecule has 3 aromatic rings. The van der Waals surface area contributed by atoms with Crippen molar-refractivity contribution in [2.75, 3.05) is 19.4 Å². The van der Waals surface area contributed by atoms with Crippen molar-refractivity contribution in [1.29, 1.82) is 0 Å². The van der Waals surface area contributed by atoms with Crippen LogP contribution in [0.15, 0.2) is 73.7 Å². The lowest BCUT2D eigenvalue weighted by atomic mass is 9.95. The van der Waals surface area contributed by atoms with Gasteiger partial charge in [-0.25, -0.2) is 4.99 Å². The fraction of sp³-hybridized carbons (Fsp3) is 0.190. The highest BCUT2D eigenvalue weighted by atomic mass is 79.9. The van der Waals surface area contributed by atoms with Crippen molar-refractivity contribution in [3.05, 3.63) is 69.8 Å². The first-order chi connectivity index (χ1) is 13.9. The fourth-order valence-corrected chi connectivity index (χ4v) is 3.71. The quantitative estimate of drug-likeness (QED) is 0.624. The van der Waals surface area contributed by atoms with Gasteiger partial charge in [0.2, 0.25) is 5.96 Å². The third-order valence-electron chi connectivity index (χ3n) is 4.60. The number of nitrogens with one attached hydrogen (secondary N) is 2. The minimum Gasteiger partial charge on any atom is -0.423 e. The molecule has 1 aliphatic heterocycles. The SMILES string of the molecule is CC1=C(C(=O)N(C)C)C(c2ccccc2Br)N=C(Nc2nc3ccccc3o2)N1. The Morgan fingerprint density at radius 2 is 1.90 bits per heavy atom. The molecule has 8 heteroatoms. The van der Waals surface area contributed by atoms with Crippen molar-refractivity contribution < 1.29 is 9.21 Å². The Morgan fingerprint density at radius 1 is 1.17 bits per heavy atom. The largest absolute Gasteiger partial charge is 0.423 e. The van der Waals surface area contributed by atoms with E-state index in [2.05, 4.69) is 31.5 Å². The van der Waals surface area contributed by atoms with E-state index in [1.807, 2.05) is 55.5 Å². The van der Waals surface area contributed by atoms with Crippen LogP contribution in [0, 0.1) is 0 Å². The molecule has 2 aromatic carbocycles. The van der Waals surface area contributed by atoms with Gasteiger partial charge in [-0.3, -0.25) is 10.1 Å². The number of hydrogen-bond acceptors (Lipinski definition) is 6. The van der Waals surface area contributed by atoms with Crippen molar-refractivity contribution in [1.82, 2.24) is 15.2 Å². The van der Waals surface area contributed by atoms with Gasteiger partial charge in [0.1, 0.15) is 11.6 Å². The topological polar surface area (TPSA) is 82.8 Å². The van der Waals surface area contributed by atoms with Crippen molar-refractivity contribution in [3.8, 4) is 0 Å². The van der Waals surface area contributed by atoms with Gasteiger partial charge in [-0.05, 0) is 30.7 Å². The van der Waals surface area contributed by atoms with E-state index < -0.39 is 6.04 Å². The van der Waals surface area contributed by atoms with E-state index in [9.17, 15) is 4.79 Å².